The summed E-state index contributed by atoms with van der Waals surface area (Å²) in [5.74, 6) is 0.0962. The zero-order chi connectivity index (χ0) is 17.6. The summed E-state index contributed by atoms with van der Waals surface area (Å²) in [4.78, 5) is 0. The fraction of sp³-hybridized carbons (Fsp3) is 0.400. The maximum Gasteiger partial charge on any atom is 0.147 e. The summed E-state index contributed by atoms with van der Waals surface area (Å²) in [6, 6.07) is 19.5. The van der Waals surface area contributed by atoms with Crippen molar-refractivity contribution in [3.8, 4) is 0 Å². The summed E-state index contributed by atoms with van der Waals surface area (Å²) >= 11 is 0. The maximum absolute atomic E-state index is 14.1. The van der Waals surface area contributed by atoms with E-state index >= 15 is 0 Å². The smallest absolute Gasteiger partial charge is 0.147 e. The molecule has 0 aliphatic heterocycles. The highest BCUT2D eigenvalue weighted by Crippen LogP contribution is 2.47. The van der Waals surface area contributed by atoms with Crippen molar-refractivity contribution in [3.05, 3.63) is 60.7 Å². The Labute approximate surface area is 145 Å². The Balaban J connectivity index is 2.37. The van der Waals surface area contributed by atoms with Crippen LogP contribution in [0, 0.1) is 5.92 Å². The third kappa shape index (κ3) is 4.36. The van der Waals surface area contributed by atoms with Crippen LogP contribution in [0.2, 0.25) is 0 Å². The molecule has 0 N–H and O–H groups in total. The summed E-state index contributed by atoms with van der Waals surface area (Å²) < 4.78 is 24.9. The molecule has 0 fully saturated rings. The summed E-state index contributed by atoms with van der Waals surface area (Å²) in [7, 11) is -1.12. The van der Waals surface area contributed by atoms with Crippen molar-refractivity contribution in [2.75, 3.05) is 20.1 Å². The van der Waals surface area contributed by atoms with Crippen LogP contribution in [0.1, 0.15) is 20.8 Å². The van der Waals surface area contributed by atoms with E-state index in [-0.39, 0.29) is 12.7 Å². The lowest BCUT2D eigenvalue weighted by molar-refractivity contribution is -0.132. The molecular formula is C20H27O3P. The zero-order valence-corrected chi connectivity index (χ0v) is 15.8. The van der Waals surface area contributed by atoms with E-state index in [0.717, 1.165) is 10.6 Å². The van der Waals surface area contributed by atoms with Crippen LogP contribution < -0.4 is 10.6 Å². The molecule has 4 heteroatoms. The van der Waals surface area contributed by atoms with Crippen LogP contribution in [0.4, 0.5) is 0 Å². The SMILES string of the molecule is COCOC(C)(C)[C@@H](C)CP(=O)(c1ccccc1)c1ccccc1. The van der Waals surface area contributed by atoms with E-state index in [1.807, 2.05) is 74.5 Å². The summed E-state index contributed by atoms with van der Waals surface area (Å²) in [5.41, 5.74) is -0.421. The quantitative estimate of drug-likeness (QED) is 0.535. The van der Waals surface area contributed by atoms with Crippen LogP contribution in [0.25, 0.3) is 0 Å². The molecule has 0 bridgehead atoms. The number of methoxy groups -OCH3 is 1. The van der Waals surface area contributed by atoms with Gasteiger partial charge in [-0.2, -0.15) is 0 Å². The van der Waals surface area contributed by atoms with Crippen LogP contribution in [-0.4, -0.2) is 25.7 Å². The van der Waals surface area contributed by atoms with Crippen molar-refractivity contribution in [2.45, 2.75) is 26.4 Å². The summed E-state index contributed by atoms with van der Waals surface area (Å²) in [5, 5.41) is 1.79. The Kier molecular flexibility index (Phi) is 6.40. The van der Waals surface area contributed by atoms with E-state index in [1.54, 1.807) is 7.11 Å². The molecule has 2 aromatic carbocycles. The first-order chi connectivity index (χ1) is 11.4. The first-order valence-corrected chi connectivity index (χ1v) is 10.1. The molecule has 0 aliphatic rings. The van der Waals surface area contributed by atoms with Gasteiger partial charge in [-0.05, 0) is 19.8 Å². The van der Waals surface area contributed by atoms with Gasteiger partial charge in [-0.15, -0.1) is 0 Å². The van der Waals surface area contributed by atoms with Gasteiger partial charge in [0.25, 0.3) is 0 Å². The van der Waals surface area contributed by atoms with Gasteiger partial charge in [0, 0.05) is 23.9 Å². The maximum atomic E-state index is 14.1. The van der Waals surface area contributed by atoms with Crippen molar-refractivity contribution in [1.82, 2.24) is 0 Å². The van der Waals surface area contributed by atoms with Gasteiger partial charge in [0.05, 0.1) is 5.60 Å². The molecule has 0 saturated heterocycles. The molecule has 24 heavy (non-hydrogen) atoms. The lowest BCUT2D eigenvalue weighted by atomic mass is 9.94. The average molecular weight is 346 g/mol. The van der Waals surface area contributed by atoms with Gasteiger partial charge in [-0.3, -0.25) is 0 Å². The van der Waals surface area contributed by atoms with Crippen LogP contribution in [0.15, 0.2) is 60.7 Å². The van der Waals surface area contributed by atoms with Gasteiger partial charge in [0.15, 0.2) is 0 Å². The monoisotopic (exact) mass is 346 g/mol. The van der Waals surface area contributed by atoms with E-state index < -0.39 is 12.7 Å². The highest BCUT2D eigenvalue weighted by Gasteiger charge is 2.36. The Bertz CT molecular complexity index is 624. The number of hydrogen-bond donors (Lipinski definition) is 0. The average Bonchev–Trinajstić information content (AvgIpc) is 2.61. The minimum atomic E-state index is -2.73. The van der Waals surface area contributed by atoms with E-state index in [1.165, 1.54) is 0 Å². The third-order valence-corrected chi connectivity index (χ3v) is 7.94. The molecule has 0 spiro atoms. The first-order valence-electron chi connectivity index (χ1n) is 8.23. The first kappa shape index (κ1) is 18.9. The lowest BCUT2D eigenvalue weighted by Crippen LogP contribution is -2.37. The van der Waals surface area contributed by atoms with Gasteiger partial charge in [-0.1, -0.05) is 67.6 Å². The topological polar surface area (TPSA) is 35.5 Å². The standard InChI is InChI=1S/C20H27O3P/c1-17(20(2,3)23-16-22-4)15-24(21,18-11-7-5-8-12-18)19-13-9-6-10-14-19/h5-14,17H,15-16H2,1-4H3/t17-/m0/s1. The highest BCUT2D eigenvalue weighted by molar-refractivity contribution is 7.78. The molecule has 2 aromatic rings. The fourth-order valence-corrected chi connectivity index (χ4v) is 5.89. The van der Waals surface area contributed by atoms with E-state index in [2.05, 4.69) is 6.92 Å². The molecule has 0 unspecified atom stereocenters. The van der Waals surface area contributed by atoms with E-state index in [0.29, 0.717) is 6.16 Å². The van der Waals surface area contributed by atoms with Gasteiger partial charge < -0.3 is 14.0 Å². The van der Waals surface area contributed by atoms with Crippen LogP contribution >= 0.6 is 7.14 Å². The minimum absolute atomic E-state index is 0.0962. The van der Waals surface area contributed by atoms with E-state index in [9.17, 15) is 4.57 Å². The molecule has 0 saturated carbocycles. The number of ether oxygens (including phenoxy) is 2. The Morgan fingerprint density at radius 2 is 1.42 bits per heavy atom. The van der Waals surface area contributed by atoms with Crippen molar-refractivity contribution >= 4 is 17.8 Å². The van der Waals surface area contributed by atoms with Crippen LogP contribution in [0.3, 0.4) is 0 Å². The number of benzene rings is 2. The number of hydrogen-bond acceptors (Lipinski definition) is 3. The summed E-state index contributed by atoms with van der Waals surface area (Å²) in [6.07, 6.45) is 0.553. The van der Waals surface area contributed by atoms with Crippen LogP contribution in [0.5, 0.6) is 0 Å². The molecule has 0 aliphatic carbocycles. The van der Waals surface area contributed by atoms with Gasteiger partial charge in [-0.25, -0.2) is 0 Å². The summed E-state index contributed by atoms with van der Waals surface area (Å²) in [6.45, 7) is 6.38. The molecule has 2 rings (SSSR count). The highest BCUT2D eigenvalue weighted by atomic mass is 31.2. The van der Waals surface area contributed by atoms with Gasteiger partial charge in [0.1, 0.15) is 13.9 Å². The van der Waals surface area contributed by atoms with Crippen molar-refractivity contribution in [3.63, 3.8) is 0 Å². The zero-order valence-electron chi connectivity index (χ0n) is 14.9. The Hall–Kier alpha value is -1.41. The molecule has 0 amide bonds. The number of rotatable bonds is 8. The molecule has 130 valence electrons. The Morgan fingerprint density at radius 3 is 1.83 bits per heavy atom. The molecule has 3 nitrogen and oxygen atoms in total. The van der Waals surface area contributed by atoms with Crippen molar-refractivity contribution in [2.24, 2.45) is 5.92 Å². The lowest BCUT2D eigenvalue weighted by Gasteiger charge is -2.34. The predicted octanol–water partition coefficient (Wildman–Crippen LogP) is 4.04. The second kappa shape index (κ2) is 8.11. The van der Waals surface area contributed by atoms with E-state index in [4.69, 9.17) is 9.47 Å². The van der Waals surface area contributed by atoms with Gasteiger partial charge >= 0.3 is 0 Å². The molecular weight excluding hydrogens is 319 g/mol. The van der Waals surface area contributed by atoms with Crippen molar-refractivity contribution < 1.29 is 14.0 Å². The Morgan fingerprint density at radius 1 is 0.958 bits per heavy atom. The third-order valence-electron chi connectivity index (χ3n) is 4.61. The van der Waals surface area contributed by atoms with Crippen LogP contribution in [-0.2, 0) is 14.0 Å². The second-order valence-electron chi connectivity index (χ2n) is 6.65. The second-order valence-corrected chi connectivity index (χ2v) is 9.53. The van der Waals surface area contributed by atoms with Gasteiger partial charge in [0.2, 0.25) is 0 Å². The molecule has 0 heterocycles. The normalized spacial score (nSPS) is 13.7. The molecule has 1 atom stereocenters. The molecule has 0 radical (unpaired) electrons. The largest absolute Gasteiger partial charge is 0.359 e. The fourth-order valence-electron chi connectivity index (χ4n) is 2.66. The van der Waals surface area contributed by atoms with Crippen molar-refractivity contribution in [1.29, 1.82) is 0 Å². The predicted molar refractivity (Wildman–Crippen MR) is 101 cm³/mol. The molecule has 0 aromatic heterocycles. The minimum Gasteiger partial charge on any atom is -0.359 e.